The lowest BCUT2D eigenvalue weighted by atomic mass is 10.3. The first-order valence-electron chi connectivity index (χ1n) is 4.82. The predicted octanol–water partition coefficient (Wildman–Crippen LogP) is 1.75. The van der Waals surface area contributed by atoms with E-state index in [2.05, 4.69) is 18.7 Å². The number of nitrogens with zero attached hydrogens (tertiary/aromatic N) is 1. The summed E-state index contributed by atoms with van der Waals surface area (Å²) in [6.45, 7) is 7.01. The van der Waals surface area contributed by atoms with Gasteiger partial charge in [-0.2, -0.15) is 0 Å². The third-order valence-corrected chi connectivity index (χ3v) is 1.90. The van der Waals surface area contributed by atoms with Crippen LogP contribution in [0.15, 0.2) is 12.2 Å². The number of carboxylic acids is 1. The molecule has 0 amide bonds. The van der Waals surface area contributed by atoms with E-state index in [9.17, 15) is 4.79 Å². The highest BCUT2D eigenvalue weighted by molar-refractivity contribution is 5.79. The van der Waals surface area contributed by atoms with Crippen molar-refractivity contribution in [2.24, 2.45) is 0 Å². The van der Waals surface area contributed by atoms with Crippen molar-refractivity contribution in [1.82, 2.24) is 4.90 Å². The Morgan fingerprint density at radius 1 is 1.46 bits per heavy atom. The molecule has 3 heteroatoms. The standard InChI is InChI=1S/C10H19NO2/c1-3-5-8-11(4-2)9-6-7-10(12)13/h6-7H,3-5,8-9H2,1-2H3,(H,12,13). The molecule has 13 heavy (non-hydrogen) atoms. The third-order valence-electron chi connectivity index (χ3n) is 1.90. The first-order valence-corrected chi connectivity index (χ1v) is 4.82. The van der Waals surface area contributed by atoms with Crippen LogP contribution in [0.4, 0.5) is 0 Å². The van der Waals surface area contributed by atoms with Gasteiger partial charge in [-0.1, -0.05) is 26.3 Å². The molecule has 0 rings (SSSR count). The molecule has 0 saturated heterocycles. The van der Waals surface area contributed by atoms with Gasteiger partial charge in [0, 0.05) is 12.6 Å². The fourth-order valence-corrected chi connectivity index (χ4v) is 1.06. The topological polar surface area (TPSA) is 40.5 Å². The predicted molar refractivity (Wildman–Crippen MR) is 53.8 cm³/mol. The number of hydrogen-bond acceptors (Lipinski definition) is 2. The van der Waals surface area contributed by atoms with Crippen molar-refractivity contribution in [3.63, 3.8) is 0 Å². The van der Waals surface area contributed by atoms with Crippen LogP contribution in [0.25, 0.3) is 0 Å². The van der Waals surface area contributed by atoms with Crippen molar-refractivity contribution in [3.05, 3.63) is 12.2 Å². The van der Waals surface area contributed by atoms with Crippen molar-refractivity contribution in [2.75, 3.05) is 19.6 Å². The average molecular weight is 185 g/mol. The summed E-state index contributed by atoms with van der Waals surface area (Å²) in [5, 5.41) is 8.37. The van der Waals surface area contributed by atoms with Gasteiger partial charge in [0.1, 0.15) is 0 Å². The van der Waals surface area contributed by atoms with Crippen LogP contribution in [0, 0.1) is 0 Å². The van der Waals surface area contributed by atoms with Gasteiger partial charge in [0.05, 0.1) is 0 Å². The van der Waals surface area contributed by atoms with Crippen LogP contribution < -0.4 is 0 Å². The smallest absolute Gasteiger partial charge is 0.328 e. The molecule has 0 fully saturated rings. The fraction of sp³-hybridized carbons (Fsp3) is 0.700. The zero-order valence-corrected chi connectivity index (χ0v) is 8.49. The minimum Gasteiger partial charge on any atom is -0.478 e. The Balaban J connectivity index is 3.64. The molecule has 0 atom stereocenters. The van der Waals surface area contributed by atoms with Gasteiger partial charge in [-0.15, -0.1) is 0 Å². The van der Waals surface area contributed by atoms with Gasteiger partial charge in [-0.05, 0) is 19.5 Å². The Morgan fingerprint density at radius 2 is 2.15 bits per heavy atom. The highest BCUT2D eigenvalue weighted by atomic mass is 16.4. The quantitative estimate of drug-likeness (QED) is 0.614. The zero-order chi connectivity index (χ0) is 10.1. The molecular formula is C10H19NO2. The molecule has 0 aliphatic heterocycles. The van der Waals surface area contributed by atoms with E-state index in [4.69, 9.17) is 5.11 Å². The summed E-state index contributed by atoms with van der Waals surface area (Å²) in [6, 6.07) is 0. The van der Waals surface area contributed by atoms with Crippen molar-refractivity contribution >= 4 is 5.97 Å². The minimum absolute atomic E-state index is 0.739. The lowest BCUT2D eigenvalue weighted by Gasteiger charge is -2.17. The second-order valence-corrected chi connectivity index (χ2v) is 2.99. The van der Waals surface area contributed by atoms with E-state index in [-0.39, 0.29) is 0 Å². The van der Waals surface area contributed by atoms with Gasteiger partial charge in [-0.3, -0.25) is 4.90 Å². The maximum Gasteiger partial charge on any atom is 0.328 e. The number of rotatable bonds is 7. The lowest BCUT2D eigenvalue weighted by molar-refractivity contribution is -0.131. The molecule has 0 aliphatic carbocycles. The number of carboxylic acid groups (broad SMARTS) is 1. The molecule has 0 aromatic carbocycles. The highest BCUT2D eigenvalue weighted by Gasteiger charge is 1.97. The molecule has 0 aromatic rings. The molecule has 0 bridgehead atoms. The van der Waals surface area contributed by atoms with E-state index >= 15 is 0 Å². The van der Waals surface area contributed by atoms with Crippen LogP contribution in [0.5, 0.6) is 0 Å². The Labute approximate surface area is 80.0 Å². The Morgan fingerprint density at radius 3 is 2.62 bits per heavy atom. The second-order valence-electron chi connectivity index (χ2n) is 2.99. The molecule has 0 radical (unpaired) electrons. The molecular weight excluding hydrogens is 166 g/mol. The average Bonchev–Trinajstić information content (AvgIpc) is 2.10. The van der Waals surface area contributed by atoms with Gasteiger partial charge in [-0.25, -0.2) is 4.79 Å². The van der Waals surface area contributed by atoms with Crippen molar-refractivity contribution in [2.45, 2.75) is 26.7 Å². The number of unbranched alkanes of at least 4 members (excludes halogenated alkanes) is 1. The van der Waals surface area contributed by atoms with E-state index in [0.29, 0.717) is 0 Å². The molecule has 0 heterocycles. The minimum atomic E-state index is -0.869. The largest absolute Gasteiger partial charge is 0.478 e. The SMILES string of the molecule is CCCCN(CC)CC=CC(=O)O. The highest BCUT2D eigenvalue weighted by Crippen LogP contribution is 1.94. The van der Waals surface area contributed by atoms with Crippen LogP contribution in [-0.2, 0) is 4.79 Å². The molecule has 0 unspecified atom stereocenters. The number of carbonyl (C=O) groups is 1. The molecule has 3 nitrogen and oxygen atoms in total. The molecule has 0 aromatic heterocycles. The first-order chi connectivity index (χ1) is 6.20. The Hall–Kier alpha value is -0.830. The number of hydrogen-bond donors (Lipinski definition) is 1. The Kier molecular flexibility index (Phi) is 7.30. The lowest BCUT2D eigenvalue weighted by Crippen LogP contribution is -2.24. The van der Waals surface area contributed by atoms with Crippen molar-refractivity contribution in [1.29, 1.82) is 0 Å². The van der Waals surface area contributed by atoms with Gasteiger partial charge >= 0.3 is 5.97 Å². The van der Waals surface area contributed by atoms with E-state index in [1.807, 2.05) is 0 Å². The van der Waals surface area contributed by atoms with Crippen LogP contribution in [-0.4, -0.2) is 35.6 Å². The van der Waals surface area contributed by atoms with Crippen molar-refractivity contribution < 1.29 is 9.90 Å². The molecule has 1 N–H and O–H groups in total. The number of likely N-dealkylation sites (N-methyl/N-ethyl adjacent to an activating group) is 1. The summed E-state index contributed by atoms with van der Waals surface area (Å²) in [5.74, 6) is -0.869. The first kappa shape index (κ1) is 12.2. The molecule has 0 saturated carbocycles. The van der Waals surface area contributed by atoms with E-state index in [0.717, 1.165) is 19.6 Å². The number of aliphatic carboxylic acids is 1. The van der Waals surface area contributed by atoms with Gasteiger partial charge < -0.3 is 5.11 Å². The summed E-state index contributed by atoms with van der Waals surface area (Å²) in [5.41, 5.74) is 0. The van der Waals surface area contributed by atoms with Crippen LogP contribution in [0.2, 0.25) is 0 Å². The summed E-state index contributed by atoms with van der Waals surface area (Å²) < 4.78 is 0. The molecule has 0 spiro atoms. The van der Waals surface area contributed by atoms with E-state index in [1.54, 1.807) is 6.08 Å². The Bertz CT molecular complexity index is 166. The van der Waals surface area contributed by atoms with Gasteiger partial charge in [0.2, 0.25) is 0 Å². The van der Waals surface area contributed by atoms with E-state index < -0.39 is 5.97 Å². The zero-order valence-electron chi connectivity index (χ0n) is 8.49. The fourth-order valence-electron chi connectivity index (χ4n) is 1.06. The summed E-state index contributed by atoms with van der Waals surface area (Å²) >= 11 is 0. The molecule has 76 valence electrons. The van der Waals surface area contributed by atoms with E-state index in [1.165, 1.54) is 18.9 Å². The second kappa shape index (κ2) is 7.80. The summed E-state index contributed by atoms with van der Waals surface area (Å²) in [4.78, 5) is 12.4. The monoisotopic (exact) mass is 185 g/mol. The van der Waals surface area contributed by atoms with Crippen molar-refractivity contribution in [3.8, 4) is 0 Å². The van der Waals surface area contributed by atoms with Gasteiger partial charge in [0.15, 0.2) is 0 Å². The van der Waals surface area contributed by atoms with Crippen LogP contribution in [0.3, 0.4) is 0 Å². The molecule has 0 aliphatic rings. The normalized spacial score (nSPS) is 11.3. The summed E-state index contributed by atoms with van der Waals surface area (Å²) in [6.07, 6.45) is 5.25. The van der Waals surface area contributed by atoms with Crippen LogP contribution in [0.1, 0.15) is 26.7 Å². The maximum absolute atomic E-state index is 10.2. The van der Waals surface area contributed by atoms with Gasteiger partial charge in [0.25, 0.3) is 0 Å². The van der Waals surface area contributed by atoms with Crippen LogP contribution >= 0.6 is 0 Å². The third kappa shape index (κ3) is 7.53. The summed E-state index contributed by atoms with van der Waals surface area (Å²) in [7, 11) is 0. The maximum atomic E-state index is 10.2.